The van der Waals surface area contributed by atoms with Crippen LogP contribution in [-0.2, 0) is 4.74 Å². The van der Waals surface area contributed by atoms with Gasteiger partial charge in [0.15, 0.2) is 0 Å². The van der Waals surface area contributed by atoms with Crippen molar-refractivity contribution in [2.24, 2.45) is 0 Å². The van der Waals surface area contributed by atoms with Gasteiger partial charge in [-0.05, 0) is 6.92 Å². The van der Waals surface area contributed by atoms with Crippen LogP contribution in [0, 0.1) is 0 Å². The van der Waals surface area contributed by atoms with Crippen LogP contribution in [0.4, 0.5) is 0 Å². The molecule has 0 aliphatic rings. The molecule has 0 unspecified atom stereocenters. The molecule has 0 bridgehead atoms. The van der Waals surface area contributed by atoms with Gasteiger partial charge in [0, 0.05) is 0 Å². The Morgan fingerprint density at radius 2 is 2.64 bits per heavy atom. The average Bonchev–Trinajstić information content (AvgIpc) is 2.36. The Bertz CT molecular complexity index is 256. The van der Waals surface area contributed by atoms with Crippen molar-refractivity contribution in [2.75, 3.05) is 6.61 Å². The summed E-state index contributed by atoms with van der Waals surface area (Å²) in [6.07, 6.45) is 1.15. The van der Waals surface area contributed by atoms with Gasteiger partial charge in [0.05, 0.1) is 12.8 Å². The summed E-state index contributed by atoms with van der Waals surface area (Å²) in [6, 6.07) is 0. The van der Waals surface area contributed by atoms with Gasteiger partial charge in [0.1, 0.15) is 0 Å². The van der Waals surface area contributed by atoms with Crippen molar-refractivity contribution >= 4 is 5.97 Å². The third kappa shape index (κ3) is 1.70. The molecular formula is C6H8N2O3. The molecule has 0 aromatic carbocycles. The normalized spacial score (nSPS) is 9.55. The van der Waals surface area contributed by atoms with Crippen LogP contribution in [0.1, 0.15) is 17.5 Å². The minimum absolute atomic E-state index is 0.0179. The summed E-state index contributed by atoms with van der Waals surface area (Å²) < 4.78 is 4.60. The molecule has 0 saturated heterocycles. The zero-order valence-corrected chi connectivity index (χ0v) is 6.00. The van der Waals surface area contributed by atoms with Gasteiger partial charge in [-0.25, -0.2) is 9.78 Å². The van der Waals surface area contributed by atoms with E-state index in [-0.39, 0.29) is 11.7 Å². The molecule has 0 aliphatic carbocycles. The molecule has 1 heterocycles. The number of aromatic amines is 1. The van der Waals surface area contributed by atoms with Crippen LogP contribution in [0.25, 0.3) is 0 Å². The first kappa shape index (κ1) is 7.59. The minimum Gasteiger partial charge on any atom is -0.493 e. The second kappa shape index (κ2) is 3.05. The molecule has 11 heavy (non-hydrogen) atoms. The van der Waals surface area contributed by atoms with Gasteiger partial charge in [0.2, 0.25) is 11.7 Å². The number of hydrogen-bond acceptors (Lipinski definition) is 4. The summed E-state index contributed by atoms with van der Waals surface area (Å²) in [7, 11) is 0. The number of aromatic nitrogens is 2. The Morgan fingerprint density at radius 1 is 1.91 bits per heavy atom. The summed E-state index contributed by atoms with van der Waals surface area (Å²) in [5.74, 6) is -0.690. The summed E-state index contributed by atoms with van der Waals surface area (Å²) in [4.78, 5) is 16.7. The van der Waals surface area contributed by atoms with Gasteiger partial charge in [-0.2, -0.15) is 0 Å². The molecule has 1 aromatic rings. The number of carbonyl (C=O) groups excluding carboxylic acids is 1. The van der Waals surface area contributed by atoms with E-state index in [0.29, 0.717) is 6.61 Å². The Labute approximate surface area is 63.0 Å². The maximum atomic E-state index is 10.8. The molecule has 1 rings (SSSR count). The van der Waals surface area contributed by atoms with E-state index < -0.39 is 5.97 Å². The lowest BCUT2D eigenvalue weighted by Crippen LogP contribution is -2.06. The highest BCUT2D eigenvalue weighted by atomic mass is 16.5. The van der Waals surface area contributed by atoms with E-state index in [4.69, 9.17) is 5.11 Å². The van der Waals surface area contributed by atoms with E-state index in [2.05, 4.69) is 14.7 Å². The van der Waals surface area contributed by atoms with Crippen molar-refractivity contribution in [2.45, 2.75) is 6.92 Å². The third-order valence-electron chi connectivity index (χ3n) is 1.03. The van der Waals surface area contributed by atoms with Crippen LogP contribution >= 0.6 is 0 Å². The molecule has 0 amide bonds. The van der Waals surface area contributed by atoms with E-state index in [1.807, 2.05) is 0 Å². The summed E-state index contributed by atoms with van der Waals surface area (Å²) in [5, 5.41) is 8.74. The number of rotatable bonds is 2. The number of imidazole rings is 1. The zero-order chi connectivity index (χ0) is 8.27. The predicted molar refractivity (Wildman–Crippen MR) is 36.2 cm³/mol. The topological polar surface area (TPSA) is 75.2 Å². The lowest BCUT2D eigenvalue weighted by atomic mass is 10.6. The highest BCUT2D eigenvalue weighted by molar-refractivity contribution is 5.85. The van der Waals surface area contributed by atoms with Crippen LogP contribution in [0.5, 0.6) is 5.88 Å². The lowest BCUT2D eigenvalue weighted by molar-refractivity contribution is 0.0512. The number of esters is 1. The molecule has 0 saturated carbocycles. The van der Waals surface area contributed by atoms with E-state index in [1.54, 1.807) is 6.92 Å². The number of nitrogens with zero attached hydrogens (tertiary/aromatic N) is 1. The molecule has 60 valence electrons. The van der Waals surface area contributed by atoms with Crippen LogP contribution in [0.15, 0.2) is 6.20 Å². The smallest absolute Gasteiger partial charge is 0.374 e. The first-order chi connectivity index (χ1) is 5.24. The summed E-state index contributed by atoms with van der Waals surface area (Å²) in [6.45, 7) is 1.99. The van der Waals surface area contributed by atoms with Gasteiger partial charge in [-0.15, -0.1) is 0 Å². The second-order valence-electron chi connectivity index (χ2n) is 1.84. The molecule has 0 atom stereocenters. The van der Waals surface area contributed by atoms with Gasteiger partial charge in [0.25, 0.3) is 0 Å². The molecular weight excluding hydrogens is 148 g/mol. The average molecular weight is 156 g/mol. The first-order valence-corrected chi connectivity index (χ1v) is 3.15. The number of H-pyrrole nitrogens is 1. The van der Waals surface area contributed by atoms with Crippen molar-refractivity contribution in [3.63, 3.8) is 0 Å². The SMILES string of the molecule is CCOC(=O)c1ncc(O)[nH]1. The number of carbonyl (C=O) groups is 1. The molecule has 5 heteroatoms. The zero-order valence-electron chi connectivity index (χ0n) is 6.00. The molecule has 5 nitrogen and oxygen atoms in total. The number of aromatic hydroxyl groups is 1. The van der Waals surface area contributed by atoms with Crippen molar-refractivity contribution in [3.8, 4) is 5.88 Å². The Hall–Kier alpha value is -1.52. The largest absolute Gasteiger partial charge is 0.493 e. The van der Waals surface area contributed by atoms with Crippen LogP contribution in [0.2, 0.25) is 0 Å². The van der Waals surface area contributed by atoms with Crippen LogP contribution in [0.3, 0.4) is 0 Å². The van der Waals surface area contributed by atoms with Gasteiger partial charge < -0.3 is 14.8 Å². The number of nitrogens with one attached hydrogen (secondary N) is 1. The predicted octanol–water partition coefficient (Wildman–Crippen LogP) is 0.292. The maximum absolute atomic E-state index is 10.8. The van der Waals surface area contributed by atoms with Crippen molar-refractivity contribution < 1.29 is 14.6 Å². The fourth-order valence-corrected chi connectivity index (χ4v) is 0.615. The van der Waals surface area contributed by atoms with E-state index in [0.717, 1.165) is 6.20 Å². The fraction of sp³-hybridized carbons (Fsp3) is 0.333. The summed E-state index contributed by atoms with van der Waals surface area (Å²) in [5.41, 5.74) is 0. The standard InChI is InChI=1S/C6H8N2O3/c1-2-11-6(10)5-7-3-4(9)8-5/h3,9H,2H2,1H3,(H,7,8). The first-order valence-electron chi connectivity index (χ1n) is 3.15. The Balaban J connectivity index is 2.69. The monoisotopic (exact) mass is 156 g/mol. The van der Waals surface area contributed by atoms with E-state index >= 15 is 0 Å². The van der Waals surface area contributed by atoms with E-state index in [1.165, 1.54) is 0 Å². The number of ether oxygens (including phenoxy) is 1. The number of hydrogen-bond donors (Lipinski definition) is 2. The van der Waals surface area contributed by atoms with Crippen molar-refractivity contribution in [1.29, 1.82) is 0 Å². The molecule has 0 aliphatic heterocycles. The van der Waals surface area contributed by atoms with E-state index in [9.17, 15) is 4.79 Å². The van der Waals surface area contributed by atoms with Gasteiger partial charge in [-0.1, -0.05) is 0 Å². The minimum atomic E-state index is -0.562. The molecule has 0 spiro atoms. The van der Waals surface area contributed by atoms with Gasteiger partial charge in [-0.3, -0.25) is 0 Å². The molecule has 2 N–H and O–H groups in total. The lowest BCUT2D eigenvalue weighted by Gasteiger charge is -1.95. The molecule has 1 aromatic heterocycles. The Kier molecular flexibility index (Phi) is 2.10. The highest BCUT2D eigenvalue weighted by Gasteiger charge is 2.09. The van der Waals surface area contributed by atoms with Crippen molar-refractivity contribution in [1.82, 2.24) is 9.97 Å². The molecule has 0 fully saturated rings. The fourth-order valence-electron chi connectivity index (χ4n) is 0.615. The highest BCUT2D eigenvalue weighted by Crippen LogP contribution is 2.03. The summed E-state index contributed by atoms with van der Waals surface area (Å²) >= 11 is 0. The van der Waals surface area contributed by atoms with Crippen LogP contribution < -0.4 is 0 Å². The van der Waals surface area contributed by atoms with Crippen LogP contribution in [-0.4, -0.2) is 27.7 Å². The van der Waals surface area contributed by atoms with Gasteiger partial charge >= 0.3 is 5.97 Å². The third-order valence-corrected chi connectivity index (χ3v) is 1.03. The Morgan fingerprint density at radius 3 is 3.09 bits per heavy atom. The second-order valence-corrected chi connectivity index (χ2v) is 1.84. The molecule has 0 radical (unpaired) electrons. The quantitative estimate of drug-likeness (QED) is 0.603. The van der Waals surface area contributed by atoms with Crippen molar-refractivity contribution in [3.05, 3.63) is 12.0 Å². The maximum Gasteiger partial charge on any atom is 0.374 e.